The fourth-order valence-electron chi connectivity index (χ4n) is 1.64. The first-order valence-electron chi connectivity index (χ1n) is 5.17. The van der Waals surface area contributed by atoms with Crippen LogP contribution in [0.15, 0.2) is 17.6 Å². The zero-order chi connectivity index (χ0) is 11.6. The summed E-state index contributed by atoms with van der Waals surface area (Å²) in [5, 5.41) is -0.0787. The van der Waals surface area contributed by atoms with Crippen molar-refractivity contribution in [3.63, 3.8) is 0 Å². The molecule has 88 valence electrons. The lowest BCUT2D eigenvalue weighted by atomic mass is 10.2. The molecule has 2 heterocycles. The van der Waals surface area contributed by atoms with Gasteiger partial charge in [0.15, 0.2) is 0 Å². The van der Waals surface area contributed by atoms with E-state index in [1.54, 1.807) is 0 Å². The molecule has 1 fully saturated rings. The highest BCUT2D eigenvalue weighted by Crippen LogP contribution is 2.17. The molecule has 1 aliphatic rings. The fourth-order valence-corrected chi connectivity index (χ4v) is 3.10. The molecule has 5 nitrogen and oxygen atoms in total. The van der Waals surface area contributed by atoms with Gasteiger partial charge in [-0.25, -0.2) is 18.4 Å². The van der Waals surface area contributed by atoms with E-state index in [0.29, 0.717) is 13.2 Å². The van der Waals surface area contributed by atoms with E-state index in [1.165, 1.54) is 12.4 Å². The second-order valence-electron chi connectivity index (χ2n) is 4.05. The normalized spacial score (nSPS) is 21.2. The van der Waals surface area contributed by atoms with E-state index in [2.05, 4.69) is 9.97 Å². The van der Waals surface area contributed by atoms with Crippen LogP contribution in [-0.4, -0.2) is 37.4 Å². The predicted molar refractivity (Wildman–Crippen MR) is 57.7 cm³/mol. The van der Waals surface area contributed by atoms with Crippen molar-refractivity contribution in [2.45, 2.75) is 18.5 Å². The zero-order valence-corrected chi connectivity index (χ0v) is 9.90. The van der Waals surface area contributed by atoms with Crippen LogP contribution >= 0.6 is 0 Å². The SMILES string of the molecule is Cc1cnc(S(=O)(=O)C[C@@H]2CCOC2)nc1. The van der Waals surface area contributed by atoms with Gasteiger partial charge in [-0.3, -0.25) is 0 Å². The molecule has 1 aromatic rings. The van der Waals surface area contributed by atoms with Gasteiger partial charge in [-0.15, -0.1) is 0 Å². The summed E-state index contributed by atoms with van der Waals surface area (Å²) in [4.78, 5) is 7.70. The summed E-state index contributed by atoms with van der Waals surface area (Å²) < 4.78 is 29.0. The maximum atomic E-state index is 11.9. The second kappa shape index (κ2) is 4.47. The molecule has 1 aliphatic heterocycles. The largest absolute Gasteiger partial charge is 0.381 e. The molecule has 0 bridgehead atoms. The van der Waals surface area contributed by atoms with Crippen LogP contribution in [0.3, 0.4) is 0 Å². The van der Waals surface area contributed by atoms with Crippen molar-refractivity contribution in [3.8, 4) is 0 Å². The number of rotatable bonds is 3. The van der Waals surface area contributed by atoms with E-state index in [4.69, 9.17) is 4.74 Å². The molecule has 0 saturated carbocycles. The minimum atomic E-state index is -3.36. The number of aromatic nitrogens is 2. The standard InChI is InChI=1S/C10H14N2O3S/c1-8-4-11-10(12-5-8)16(13,14)7-9-2-3-15-6-9/h4-5,9H,2-3,6-7H2,1H3/t9-/m1/s1. The number of hydrogen-bond donors (Lipinski definition) is 0. The molecule has 1 saturated heterocycles. The van der Waals surface area contributed by atoms with Crippen molar-refractivity contribution in [1.29, 1.82) is 0 Å². The number of aryl methyl sites for hydroxylation is 1. The summed E-state index contributed by atoms with van der Waals surface area (Å²) in [5.74, 6) is 0.158. The van der Waals surface area contributed by atoms with E-state index >= 15 is 0 Å². The fraction of sp³-hybridized carbons (Fsp3) is 0.600. The summed E-state index contributed by atoms with van der Waals surface area (Å²) in [7, 11) is -3.36. The third-order valence-corrected chi connectivity index (χ3v) is 4.19. The summed E-state index contributed by atoms with van der Waals surface area (Å²) in [6.07, 6.45) is 3.83. The van der Waals surface area contributed by atoms with Gasteiger partial charge in [0, 0.05) is 19.0 Å². The minimum Gasteiger partial charge on any atom is -0.381 e. The van der Waals surface area contributed by atoms with Crippen LogP contribution < -0.4 is 0 Å². The first kappa shape index (κ1) is 11.5. The van der Waals surface area contributed by atoms with Crippen molar-refractivity contribution in [1.82, 2.24) is 9.97 Å². The molecule has 0 radical (unpaired) electrons. The number of nitrogens with zero attached hydrogens (tertiary/aromatic N) is 2. The van der Waals surface area contributed by atoms with E-state index in [9.17, 15) is 8.42 Å². The summed E-state index contributed by atoms with van der Waals surface area (Å²) in [5.41, 5.74) is 0.850. The van der Waals surface area contributed by atoms with E-state index < -0.39 is 9.84 Å². The molecule has 0 amide bonds. The lowest BCUT2D eigenvalue weighted by Gasteiger charge is -2.07. The molecule has 16 heavy (non-hydrogen) atoms. The van der Waals surface area contributed by atoms with Crippen molar-refractivity contribution < 1.29 is 13.2 Å². The van der Waals surface area contributed by atoms with Crippen molar-refractivity contribution >= 4 is 9.84 Å². The van der Waals surface area contributed by atoms with E-state index in [0.717, 1.165) is 12.0 Å². The highest BCUT2D eigenvalue weighted by atomic mass is 32.2. The Morgan fingerprint density at radius 2 is 2.12 bits per heavy atom. The quantitative estimate of drug-likeness (QED) is 0.726. The molecule has 2 rings (SSSR count). The summed E-state index contributed by atoms with van der Waals surface area (Å²) in [6.45, 7) is 2.99. The molecule has 0 N–H and O–H groups in total. The molecule has 0 aromatic carbocycles. The average molecular weight is 242 g/mol. The zero-order valence-electron chi connectivity index (χ0n) is 9.09. The maximum Gasteiger partial charge on any atom is 0.247 e. The van der Waals surface area contributed by atoms with Crippen LogP contribution in [0.2, 0.25) is 0 Å². The third-order valence-electron chi connectivity index (χ3n) is 2.51. The molecular formula is C10H14N2O3S. The van der Waals surface area contributed by atoms with Gasteiger partial charge in [0.05, 0.1) is 12.4 Å². The van der Waals surface area contributed by atoms with Crippen molar-refractivity contribution in [2.24, 2.45) is 5.92 Å². The van der Waals surface area contributed by atoms with Gasteiger partial charge in [0.2, 0.25) is 15.0 Å². The van der Waals surface area contributed by atoms with Crippen LogP contribution in [0.4, 0.5) is 0 Å². The Morgan fingerprint density at radius 1 is 1.44 bits per heavy atom. The Bertz CT molecular complexity index is 449. The highest BCUT2D eigenvalue weighted by Gasteiger charge is 2.26. The lowest BCUT2D eigenvalue weighted by molar-refractivity contribution is 0.188. The topological polar surface area (TPSA) is 69.2 Å². The maximum absolute atomic E-state index is 11.9. The third kappa shape index (κ3) is 2.56. The van der Waals surface area contributed by atoms with Crippen molar-refractivity contribution in [3.05, 3.63) is 18.0 Å². The Hall–Kier alpha value is -1.01. The monoisotopic (exact) mass is 242 g/mol. The summed E-state index contributed by atoms with van der Waals surface area (Å²) in [6, 6.07) is 0. The molecule has 1 atom stereocenters. The van der Waals surface area contributed by atoms with Gasteiger partial charge >= 0.3 is 0 Å². The number of ether oxygens (including phenoxy) is 1. The van der Waals surface area contributed by atoms with Gasteiger partial charge in [0.1, 0.15) is 0 Å². The van der Waals surface area contributed by atoms with Crippen LogP contribution in [-0.2, 0) is 14.6 Å². The van der Waals surface area contributed by atoms with Gasteiger partial charge in [-0.2, -0.15) is 0 Å². The Labute approximate surface area is 94.8 Å². The highest BCUT2D eigenvalue weighted by molar-refractivity contribution is 7.91. The first-order chi connectivity index (χ1) is 7.58. The Kier molecular flexibility index (Phi) is 3.20. The lowest BCUT2D eigenvalue weighted by Crippen LogP contribution is -2.18. The van der Waals surface area contributed by atoms with Gasteiger partial charge in [-0.1, -0.05) is 0 Å². The van der Waals surface area contributed by atoms with Crippen LogP contribution in [0.25, 0.3) is 0 Å². The molecule has 6 heteroatoms. The number of hydrogen-bond acceptors (Lipinski definition) is 5. The van der Waals surface area contributed by atoms with Gasteiger partial charge in [0.25, 0.3) is 0 Å². The average Bonchev–Trinajstić information content (AvgIpc) is 2.70. The predicted octanol–water partition coefficient (Wildman–Crippen LogP) is 0.595. The van der Waals surface area contributed by atoms with Crippen LogP contribution in [0.1, 0.15) is 12.0 Å². The first-order valence-corrected chi connectivity index (χ1v) is 6.82. The molecule has 0 unspecified atom stereocenters. The molecular weight excluding hydrogens is 228 g/mol. The van der Waals surface area contributed by atoms with E-state index in [1.807, 2.05) is 6.92 Å². The number of sulfone groups is 1. The molecule has 1 aromatic heterocycles. The van der Waals surface area contributed by atoms with Crippen LogP contribution in [0.5, 0.6) is 0 Å². The van der Waals surface area contributed by atoms with Gasteiger partial charge in [-0.05, 0) is 24.8 Å². The minimum absolute atomic E-state index is 0.0786. The Morgan fingerprint density at radius 3 is 2.69 bits per heavy atom. The molecule has 0 spiro atoms. The Balaban J connectivity index is 2.14. The summed E-state index contributed by atoms with van der Waals surface area (Å²) >= 11 is 0. The van der Waals surface area contributed by atoms with E-state index in [-0.39, 0.29) is 16.8 Å². The molecule has 0 aliphatic carbocycles. The van der Waals surface area contributed by atoms with Gasteiger partial charge < -0.3 is 4.74 Å². The second-order valence-corrected chi connectivity index (χ2v) is 5.98. The van der Waals surface area contributed by atoms with Crippen LogP contribution in [0, 0.1) is 12.8 Å². The van der Waals surface area contributed by atoms with Crippen molar-refractivity contribution in [2.75, 3.05) is 19.0 Å². The smallest absolute Gasteiger partial charge is 0.247 e.